The summed E-state index contributed by atoms with van der Waals surface area (Å²) in [6.07, 6.45) is 4.37. The first-order chi connectivity index (χ1) is 12.2. The van der Waals surface area contributed by atoms with Gasteiger partial charge in [-0.15, -0.1) is 0 Å². The van der Waals surface area contributed by atoms with Gasteiger partial charge in [-0.3, -0.25) is 9.13 Å². The largest absolute Gasteiger partial charge is 0.465 e. The molecule has 1 saturated carbocycles. The summed E-state index contributed by atoms with van der Waals surface area (Å²) >= 11 is 0. The first-order valence-electron chi connectivity index (χ1n) is 9.06. The summed E-state index contributed by atoms with van der Waals surface area (Å²) in [6, 6.07) is 5.41. The van der Waals surface area contributed by atoms with Crippen LogP contribution in [0.15, 0.2) is 23.0 Å². The van der Waals surface area contributed by atoms with Gasteiger partial charge in [-0.1, -0.05) is 0 Å². The molecule has 6 nitrogen and oxygen atoms in total. The molecule has 1 saturated heterocycles. The summed E-state index contributed by atoms with van der Waals surface area (Å²) in [5, 5.41) is 0. The molecule has 0 radical (unpaired) electrons. The van der Waals surface area contributed by atoms with Crippen LogP contribution in [-0.2, 0) is 22.6 Å². The van der Waals surface area contributed by atoms with Gasteiger partial charge in [0, 0.05) is 26.3 Å². The van der Waals surface area contributed by atoms with Gasteiger partial charge in [-0.05, 0) is 55.7 Å². The van der Waals surface area contributed by atoms with Gasteiger partial charge in [-0.2, -0.15) is 0 Å². The molecular weight excluding hydrogens is 320 g/mol. The molecule has 134 valence electrons. The molecule has 2 heterocycles. The predicted molar refractivity (Wildman–Crippen MR) is 93.8 cm³/mol. The van der Waals surface area contributed by atoms with Crippen LogP contribution >= 0.6 is 0 Å². The highest BCUT2D eigenvalue weighted by atomic mass is 16.5. The molecule has 1 aliphatic heterocycles. The monoisotopic (exact) mass is 344 g/mol. The summed E-state index contributed by atoms with van der Waals surface area (Å²) in [5.41, 5.74) is 2.25. The Hall–Kier alpha value is -2.08. The van der Waals surface area contributed by atoms with E-state index in [0.29, 0.717) is 23.9 Å². The first kappa shape index (κ1) is 16.4. The minimum absolute atomic E-state index is 0.0304. The van der Waals surface area contributed by atoms with E-state index < -0.39 is 0 Å². The van der Waals surface area contributed by atoms with Gasteiger partial charge in [-0.25, -0.2) is 9.59 Å². The maximum absolute atomic E-state index is 13.0. The smallest absolute Gasteiger partial charge is 0.337 e. The highest BCUT2D eigenvalue weighted by Crippen LogP contribution is 2.31. The molecule has 1 aliphatic carbocycles. The number of carbonyl (C=O) groups is 1. The van der Waals surface area contributed by atoms with Crippen molar-refractivity contribution in [2.24, 2.45) is 11.8 Å². The molecule has 1 aromatic heterocycles. The molecule has 0 bridgehead atoms. The molecule has 2 aliphatic rings. The van der Waals surface area contributed by atoms with E-state index in [2.05, 4.69) is 0 Å². The molecule has 6 heteroatoms. The molecule has 1 aromatic carbocycles. The van der Waals surface area contributed by atoms with E-state index in [1.807, 2.05) is 15.2 Å². The van der Waals surface area contributed by atoms with E-state index in [4.69, 9.17) is 9.47 Å². The zero-order valence-corrected chi connectivity index (χ0v) is 14.6. The second kappa shape index (κ2) is 6.67. The van der Waals surface area contributed by atoms with Gasteiger partial charge in [0.1, 0.15) is 0 Å². The van der Waals surface area contributed by atoms with Crippen LogP contribution in [0.1, 0.15) is 36.0 Å². The van der Waals surface area contributed by atoms with Crippen molar-refractivity contribution in [3.8, 4) is 0 Å². The number of hydrogen-bond donors (Lipinski definition) is 0. The third-order valence-electron chi connectivity index (χ3n) is 5.36. The number of nitrogens with zero attached hydrogens (tertiary/aromatic N) is 2. The average Bonchev–Trinajstić information content (AvgIpc) is 3.23. The van der Waals surface area contributed by atoms with Crippen LogP contribution in [0.4, 0.5) is 0 Å². The second-order valence-corrected chi connectivity index (χ2v) is 7.20. The Morgan fingerprint density at radius 2 is 2.04 bits per heavy atom. The summed E-state index contributed by atoms with van der Waals surface area (Å²) in [4.78, 5) is 24.9. The van der Waals surface area contributed by atoms with Crippen molar-refractivity contribution in [3.05, 3.63) is 34.2 Å². The minimum Gasteiger partial charge on any atom is -0.465 e. The Balaban J connectivity index is 1.72. The number of fused-ring (bicyclic) bond motifs is 1. The van der Waals surface area contributed by atoms with Crippen LogP contribution in [0.3, 0.4) is 0 Å². The Kier molecular flexibility index (Phi) is 4.37. The molecule has 4 rings (SSSR count). The van der Waals surface area contributed by atoms with Crippen molar-refractivity contribution < 1.29 is 14.3 Å². The molecule has 1 atom stereocenters. The predicted octanol–water partition coefficient (Wildman–Crippen LogP) is 2.43. The second-order valence-electron chi connectivity index (χ2n) is 7.20. The average molecular weight is 344 g/mol. The van der Waals surface area contributed by atoms with Gasteiger partial charge in [0.2, 0.25) is 0 Å². The lowest BCUT2D eigenvalue weighted by Gasteiger charge is -2.08. The first-order valence-corrected chi connectivity index (χ1v) is 9.06. The van der Waals surface area contributed by atoms with Gasteiger partial charge in [0.05, 0.1) is 23.7 Å². The third-order valence-corrected chi connectivity index (χ3v) is 5.36. The molecule has 25 heavy (non-hydrogen) atoms. The van der Waals surface area contributed by atoms with E-state index in [-0.39, 0.29) is 11.7 Å². The van der Waals surface area contributed by atoms with Crippen LogP contribution in [0.5, 0.6) is 0 Å². The highest BCUT2D eigenvalue weighted by Gasteiger charge is 2.25. The zero-order chi connectivity index (χ0) is 17.4. The summed E-state index contributed by atoms with van der Waals surface area (Å²) in [5.74, 6) is 0.748. The number of esters is 1. The summed E-state index contributed by atoms with van der Waals surface area (Å²) < 4.78 is 14.0. The van der Waals surface area contributed by atoms with Crippen LogP contribution in [0.25, 0.3) is 11.0 Å². The Labute approximate surface area is 146 Å². The van der Waals surface area contributed by atoms with Crippen LogP contribution < -0.4 is 5.69 Å². The molecule has 0 N–H and O–H groups in total. The fourth-order valence-corrected chi connectivity index (χ4v) is 3.64. The number of methoxy groups -OCH3 is 1. The molecule has 1 unspecified atom stereocenters. The fourth-order valence-electron chi connectivity index (χ4n) is 3.64. The summed E-state index contributed by atoms with van der Waals surface area (Å²) in [6.45, 7) is 3.02. The van der Waals surface area contributed by atoms with Crippen LogP contribution in [0, 0.1) is 11.8 Å². The highest BCUT2D eigenvalue weighted by molar-refractivity contribution is 5.93. The standard InChI is InChI=1S/C19H24N2O4/c1-24-18(22)15-4-5-16-17(10-15)20(8-6-14-7-9-25-12-14)19(23)21(16)11-13-2-3-13/h4-5,10,13-14H,2-3,6-9,11-12H2,1H3. The van der Waals surface area contributed by atoms with E-state index in [1.54, 1.807) is 12.1 Å². The van der Waals surface area contributed by atoms with Crippen LogP contribution in [-0.4, -0.2) is 35.4 Å². The number of imidazole rings is 1. The number of benzene rings is 1. The zero-order valence-electron chi connectivity index (χ0n) is 14.6. The van der Waals surface area contributed by atoms with Gasteiger partial charge in [0.25, 0.3) is 0 Å². The Morgan fingerprint density at radius 3 is 2.72 bits per heavy atom. The lowest BCUT2D eigenvalue weighted by atomic mass is 10.1. The van der Waals surface area contributed by atoms with E-state index in [0.717, 1.165) is 43.6 Å². The van der Waals surface area contributed by atoms with Gasteiger partial charge >= 0.3 is 11.7 Å². The van der Waals surface area contributed by atoms with Gasteiger partial charge in [0.15, 0.2) is 0 Å². The van der Waals surface area contributed by atoms with E-state index >= 15 is 0 Å². The topological polar surface area (TPSA) is 62.5 Å². The number of ether oxygens (including phenoxy) is 2. The third kappa shape index (κ3) is 3.23. The van der Waals surface area contributed by atoms with E-state index in [1.165, 1.54) is 20.0 Å². The fraction of sp³-hybridized carbons (Fsp3) is 0.579. The molecule has 2 fully saturated rings. The maximum atomic E-state index is 13.0. The molecule has 2 aromatic rings. The number of aryl methyl sites for hydroxylation is 1. The Morgan fingerprint density at radius 1 is 1.20 bits per heavy atom. The molecule has 0 spiro atoms. The number of hydrogen-bond acceptors (Lipinski definition) is 4. The van der Waals surface area contributed by atoms with Crippen molar-refractivity contribution in [1.29, 1.82) is 0 Å². The van der Waals surface area contributed by atoms with Crippen molar-refractivity contribution in [2.75, 3.05) is 20.3 Å². The van der Waals surface area contributed by atoms with Crippen molar-refractivity contribution in [2.45, 2.75) is 38.8 Å². The summed E-state index contributed by atoms with van der Waals surface area (Å²) in [7, 11) is 1.37. The minimum atomic E-state index is -0.375. The van der Waals surface area contributed by atoms with Crippen molar-refractivity contribution in [1.82, 2.24) is 9.13 Å². The molecule has 0 amide bonds. The van der Waals surface area contributed by atoms with Crippen LogP contribution in [0.2, 0.25) is 0 Å². The van der Waals surface area contributed by atoms with Crippen molar-refractivity contribution >= 4 is 17.0 Å². The lowest BCUT2D eigenvalue weighted by molar-refractivity contribution is 0.0601. The van der Waals surface area contributed by atoms with Gasteiger partial charge < -0.3 is 9.47 Å². The number of aromatic nitrogens is 2. The quantitative estimate of drug-likeness (QED) is 0.755. The maximum Gasteiger partial charge on any atom is 0.337 e. The van der Waals surface area contributed by atoms with E-state index in [9.17, 15) is 9.59 Å². The number of carbonyl (C=O) groups excluding carboxylic acids is 1. The lowest BCUT2D eigenvalue weighted by Crippen LogP contribution is -2.25. The SMILES string of the molecule is COC(=O)c1ccc2c(c1)n(CCC1CCOC1)c(=O)n2CC1CC1. The number of rotatable bonds is 6. The normalized spacial score (nSPS) is 20.3. The molecular formula is C19H24N2O4. The van der Waals surface area contributed by atoms with Crippen molar-refractivity contribution in [3.63, 3.8) is 0 Å². The Bertz CT molecular complexity index is 841.